The molecule has 0 aliphatic heterocycles. The number of hydrazine groups is 1. The van der Waals surface area contributed by atoms with Gasteiger partial charge in [-0.3, -0.25) is 30.5 Å². The predicted octanol–water partition coefficient (Wildman–Crippen LogP) is 1.85. The minimum absolute atomic E-state index is 0.246. The number of H-pyrrole nitrogens is 1. The van der Waals surface area contributed by atoms with Gasteiger partial charge >= 0.3 is 0 Å². The Morgan fingerprint density at radius 2 is 1.75 bits per heavy atom. The van der Waals surface area contributed by atoms with Crippen LogP contribution in [0.4, 0.5) is 0 Å². The number of amides is 2. The first-order valence-corrected chi connectivity index (χ1v) is 7.27. The third-order valence-electron chi connectivity index (χ3n) is 3.36. The molecule has 24 heavy (non-hydrogen) atoms. The molecule has 0 unspecified atom stereocenters. The van der Waals surface area contributed by atoms with E-state index in [1.807, 2.05) is 37.3 Å². The number of aromatic nitrogens is 3. The Kier molecular flexibility index (Phi) is 4.33. The van der Waals surface area contributed by atoms with Crippen LogP contribution in [0.25, 0.3) is 11.3 Å². The third kappa shape index (κ3) is 3.46. The molecule has 7 nitrogen and oxygen atoms in total. The Hall–Kier alpha value is -3.48. The fourth-order valence-electron chi connectivity index (χ4n) is 2.05. The maximum absolute atomic E-state index is 12.1. The highest BCUT2D eigenvalue weighted by Crippen LogP contribution is 2.16. The quantitative estimate of drug-likeness (QED) is 0.641. The molecule has 0 bridgehead atoms. The van der Waals surface area contributed by atoms with Crippen molar-refractivity contribution in [1.29, 1.82) is 0 Å². The SMILES string of the molecule is Cc1ccc(C(=O)NNC(=O)c2cc(-c3ccccc3)n[nH]2)cn1. The van der Waals surface area contributed by atoms with Crippen LogP contribution in [0.5, 0.6) is 0 Å². The largest absolute Gasteiger partial charge is 0.287 e. The topological polar surface area (TPSA) is 99.8 Å². The van der Waals surface area contributed by atoms with Gasteiger partial charge in [0.15, 0.2) is 0 Å². The molecule has 2 amide bonds. The number of pyridine rings is 1. The molecular formula is C17H15N5O2. The number of aryl methyl sites for hydroxylation is 1. The molecule has 3 N–H and O–H groups in total. The molecule has 120 valence electrons. The summed E-state index contributed by atoms with van der Waals surface area (Å²) in [7, 11) is 0. The van der Waals surface area contributed by atoms with E-state index in [0.717, 1.165) is 11.3 Å². The average molecular weight is 321 g/mol. The van der Waals surface area contributed by atoms with E-state index in [4.69, 9.17) is 0 Å². The van der Waals surface area contributed by atoms with Crippen molar-refractivity contribution in [3.8, 4) is 11.3 Å². The van der Waals surface area contributed by atoms with E-state index in [1.54, 1.807) is 18.2 Å². The Bertz CT molecular complexity index is 856. The van der Waals surface area contributed by atoms with Crippen LogP contribution >= 0.6 is 0 Å². The van der Waals surface area contributed by atoms with Gasteiger partial charge in [0.1, 0.15) is 5.69 Å². The van der Waals surface area contributed by atoms with Crippen molar-refractivity contribution in [3.63, 3.8) is 0 Å². The number of aromatic amines is 1. The van der Waals surface area contributed by atoms with Crippen LogP contribution in [-0.2, 0) is 0 Å². The third-order valence-corrected chi connectivity index (χ3v) is 3.36. The Morgan fingerprint density at radius 3 is 2.46 bits per heavy atom. The minimum atomic E-state index is -0.488. The van der Waals surface area contributed by atoms with Crippen LogP contribution in [0.2, 0.25) is 0 Å². The first-order chi connectivity index (χ1) is 11.6. The van der Waals surface area contributed by atoms with E-state index in [-0.39, 0.29) is 5.69 Å². The van der Waals surface area contributed by atoms with Gasteiger partial charge in [-0.05, 0) is 25.1 Å². The Morgan fingerprint density at radius 1 is 1.00 bits per heavy atom. The highest BCUT2D eigenvalue weighted by Gasteiger charge is 2.12. The van der Waals surface area contributed by atoms with Crippen LogP contribution in [-0.4, -0.2) is 27.0 Å². The average Bonchev–Trinajstić information content (AvgIpc) is 3.11. The summed E-state index contributed by atoms with van der Waals surface area (Å²) in [5.41, 5.74) is 7.63. The molecule has 0 aliphatic carbocycles. The molecule has 3 aromatic rings. The monoisotopic (exact) mass is 321 g/mol. The second kappa shape index (κ2) is 6.74. The number of hydrogen-bond donors (Lipinski definition) is 3. The van der Waals surface area contributed by atoms with Crippen LogP contribution in [0.15, 0.2) is 54.7 Å². The highest BCUT2D eigenvalue weighted by atomic mass is 16.2. The Balaban J connectivity index is 1.62. The number of carbonyl (C=O) groups excluding carboxylic acids is 2. The second-order valence-electron chi connectivity index (χ2n) is 5.13. The molecule has 0 aliphatic rings. The van der Waals surface area contributed by atoms with E-state index in [0.29, 0.717) is 11.3 Å². The lowest BCUT2D eigenvalue weighted by molar-refractivity contribution is 0.0843. The smallest absolute Gasteiger partial charge is 0.272 e. The molecule has 0 radical (unpaired) electrons. The van der Waals surface area contributed by atoms with E-state index < -0.39 is 11.8 Å². The summed E-state index contributed by atoms with van der Waals surface area (Å²) in [6, 6.07) is 14.4. The normalized spacial score (nSPS) is 10.2. The summed E-state index contributed by atoms with van der Waals surface area (Å²) >= 11 is 0. The lowest BCUT2D eigenvalue weighted by atomic mass is 10.1. The molecular weight excluding hydrogens is 306 g/mol. The summed E-state index contributed by atoms with van der Waals surface area (Å²) in [6.45, 7) is 1.83. The molecule has 7 heteroatoms. The first-order valence-electron chi connectivity index (χ1n) is 7.27. The molecule has 0 saturated carbocycles. The van der Waals surface area contributed by atoms with Gasteiger partial charge in [-0.25, -0.2) is 0 Å². The second-order valence-corrected chi connectivity index (χ2v) is 5.13. The van der Waals surface area contributed by atoms with Crippen molar-refractivity contribution in [3.05, 3.63) is 71.7 Å². The summed E-state index contributed by atoms with van der Waals surface area (Å²) < 4.78 is 0. The summed E-state index contributed by atoms with van der Waals surface area (Å²) in [5, 5.41) is 6.74. The maximum atomic E-state index is 12.1. The zero-order chi connectivity index (χ0) is 16.9. The molecule has 0 atom stereocenters. The van der Waals surface area contributed by atoms with Crippen LogP contribution in [0.1, 0.15) is 26.5 Å². The molecule has 1 aromatic carbocycles. The standard InChI is InChI=1S/C17H15N5O2/c1-11-7-8-13(10-18-11)16(23)21-22-17(24)15-9-14(19-20-15)12-5-3-2-4-6-12/h2-10H,1H3,(H,19,20)(H,21,23)(H,22,24). The predicted molar refractivity (Wildman–Crippen MR) is 87.9 cm³/mol. The number of nitrogens with one attached hydrogen (secondary N) is 3. The fourth-order valence-corrected chi connectivity index (χ4v) is 2.05. The van der Waals surface area contributed by atoms with Gasteiger partial charge in [-0.15, -0.1) is 0 Å². The van der Waals surface area contributed by atoms with Crippen LogP contribution < -0.4 is 10.9 Å². The number of carbonyl (C=O) groups is 2. The van der Waals surface area contributed by atoms with Gasteiger partial charge in [0, 0.05) is 17.5 Å². The number of nitrogens with zero attached hydrogens (tertiary/aromatic N) is 2. The van der Waals surface area contributed by atoms with Crippen molar-refractivity contribution in [2.45, 2.75) is 6.92 Å². The minimum Gasteiger partial charge on any atom is -0.272 e. The van der Waals surface area contributed by atoms with Crippen LogP contribution in [0.3, 0.4) is 0 Å². The zero-order valence-corrected chi connectivity index (χ0v) is 12.9. The van der Waals surface area contributed by atoms with E-state index in [2.05, 4.69) is 26.0 Å². The van der Waals surface area contributed by atoms with Gasteiger partial charge in [-0.2, -0.15) is 5.10 Å². The fraction of sp³-hybridized carbons (Fsp3) is 0.0588. The lowest BCUT2D eigenvalue weighted by Crippen LogP contribution is -2.41. The van der Waals surface area contributed by atoms with Gasteiger partial charge in [0.05, 0.1) is 11.3 Å². The molecule has 3 rings (SSSR count). The molecule has 2 heterocycles. The molecule has 0 fully saturated rings. The van der Waals surface area contributed by atoms with Crippen molar-refractivity contribution < 1.29 is 9.59 Å². The van der Waals surface area contributed by atoms with Crippen molar-refractivity contribution in [2.24, 2.45) is 0 Å². The van der Waals surface area contributed by atoms with E-state index in [9.17, 15) is 9.59 Å². The first kappa shape index (κ1) is 15.4. The van der Waals surface area contributed by atoms with Gasteiger partial charge in [-0.1, -0.05) is 30.3 Å². The molecule has 2 aromatic heterocycles. The van der Waals surface area contributed by atoms with E-state index >= 15 is 0 Å². The molecule has 0 spiro atoms. The van der Waals surface area contributed by atoms with Gasteiger partial charge in [0.25, 0.3) is 11.8 Å². The molecule has 0 saturated heterocycles. The van der Waals surface area contributed by atoms with Crippen molar-refractivity contribution in [1.82, 2.24) is 26.0 Å². The zero-order valence-electron chi connectivity index (χ0n) is 12.9. The number of benzene rings is 1. The van der Waals surface area contributed by atoms with Crippen LogP contribution in [0, 0.1) is 6.92 Å². The lowest BCUT2D eigenvalue weighted by Gasteiger charge is -2.05. The Labute approximate surface area is 138 Å². The summed E-state index contributed by atoms with van der Waals surface area (Å²) in [5.74, 6) is -0.934. The summed E-state index contributed by atoms with van der Waals surface area (Å²) in [4.78, 5) is 28.0. The maximum Gasteiger partial charge on any atom is 0.287 e. The number of rotatable bonds is 3. The van der Waals surface area contributed by atoms with E-state index in [1.165, 1.54) is 6.20 Å². The van der Waals surface area contributed by atoms with Crippen molar-refractivity contribution >= 4 is 11.8 Å². The van der Waals surface area contributed by atoms with Gasteiger partial charge < -0.3 is 0 Å². The van der Waals surface area contributed by atoms with Gasteiger partial charge in [0.2, 0.25) is 0 Å². The highest BCUT2D eigenvalue weighted by molar-refractivity contribution is 5.98. The summed E-state index contributed by atoms with van der Waals surface area (Å²) in [6.07, 6.45) is 1.44. The number of hydrogen-bond acceptors (Lipinski definition) is 4. The van der Waals surface area contributed by atoms with Crippen molar-refractivity contribution in [2.75, 3.05) is 0 Å².